The van der Waals surface area contributed by atoms with Crippen molar-refractivity contribution in [2.24, 2.45) is 0 Å². The number of benzene rings is 9. The lowest BCUT2D eigenvalue weighted by Crippen LogP contribution is -2.32. The molecule has 0 N–H and O–H groups in total. The van der Waals surface area contributed by atoms with Gasteiger partial charge in [0.1, 0.15) is 0 Å². The van der Waals surface area contributed by atoms with Crippen LogP contribution in [-0.4, -0.2) is 4.57 Å². The van der Waals surface area contributed by atoms with E-state index in [1.165, 1.54) is 66.3 Å². The van der Waals surface area contributed by atoms with Crippen molar-refractivity contribution in [3.05, 3.63) is 223 Å². The number of hydrogen-bond acceptors (Lipinski definition) is 2. The van der Waals surface area contributed by atoms with E-state index in [9.17, 15) is 0 Å². The van der Waals surface area contributed by atoms with E-state index in [2.05, 4.69) is 228 Å². The first kappa shape index (κ1) is 31.9. The summed E-state index contributed by atoms with van der Waals surface area (Å²) in [7, 11) is 0. The summed E-state index contributed by atoms with van der Waals surface area (Å²) in [6.07, 6.45) is 0. The van der Waals surface area contributed by atoms with Crippen molar-refractivity contribution < 1.29 is 0 Å². The van der Waals surface area contributed by atoms with E-state index in [0.29, 0.717) is 0 Å². The molecular formula is C54H37N3. The summed E-state index contributed by atoms with van der Waals surface area (Å²) in [5.74, 6) is 0. The van der Waals surface area contributed by atoms with E-state index < -0.39 is 0 Å². The molecule has 0 fully saturated rings. The van der Waals surface area contributed by atoms with Crippen molar-refractivity contribution in [3.8, 4) is 16.8 Å². The lowest BCUT2D eigenvalue weighted by Gasteiger charge is -2.42. The highest BCUT2D eigenvalue weighted by atomic mass is 15.2. The molecule has 57 heavy (non-hydrogen) atoms. The Bertz CT molecular complexity index is 3180. The summed E-state index contributed by atoms with van der Waals surface area (Å²) >= 11 is 0. The fourth-order valence-corrected chi connectivity index (χ4v) is 10.1. The van der Waals surface area contributed by atoms with Crippen LogP contribution in [0.1, 0.15) is 23.6 Å². The molecule has 0 spiro atoms. The molecule has 1 aromatic heterocycles. The number of anilines is 6. The zero-order valence-corrected chi connectivity index (χ0v) is 31.5. The highest BCUT2D eigenvalue weighted by molar-refractivity contribution is 6.18. The molecule has 3 nitrogen and oxygen atoms in total. The van der Waals surface area contributed by atoms with Crippen molar-refractivity contribution in [2.75, 3.05) is 9.80 Å². The minimum Gasteiger partial charge on any atom is -0.310 e. The van der Waals surface area contributed by atoms with Gasteiger partial charge in [0.15, 0.2) is 0 Å². The van der Waals surface area contributed by atoms with E-state index >= 15 is 0 Å². The zero-order chi connectivity index (χ0) is 37.7. The number of nitrogens with zero attached hydrogens (tertiary/aromatic N) is 3. The van der Waals surface area contributed by atoms with Gasteiger partial charge < -0.3 is 14.4 Å². The van der Waals surface area contributed by atoms with Gasteiger partial charge in [0.05, 0.1) is 33.8 Å². The molecule has 0 amide bonds. The van der Waals surface area contributed by atoms with Crippen molar-refractivity contribution in [3.63, 3.8) is 0 Å². The summed E-state index contributed by atoms with van der Waals surface area (Å²) in [5, 5.41) is 4.86. The third-order valence-electron chi connectivity index (χ3n) is 12.5. The molecule has 2 aliphatic rings. The van der Waals surface area contributed by atoms with Crippen molar-refractivity contribution in [1.29, 1.82) is 0 Å². The van der Waals surface area contributed by atoms with Gasteiger partial charge in [0.2, 0.25) is 0 Å². The first-order valence-corrected chi connectivity index (χ1v) is 19.8. The Morgan fingerprint density at radius 2 is 1.07 bits per heavy atom. The average Bonchev–Trinajstić information content (AvgIpc) is 3.75. The van der Waals surface area contributed by atoms with Crippen LogP contribution in [0, 0.1) is 0 Å². The topological polar surface area (TPSA) is 11.4 Å². The SMILES string of the molecule is CC12c3ccccc3-c3cccc(c31)N(c1cc(N(c3ccccc3)c3ccccc3)c3c4ccccc4n(-c4ccc5ccccc5c4)c3c1)c1ccccc12. The highest BCUT2D eigenvalue weighted by Crippen LogP contribution is 2.62. The molecule has 1 aliphatic carbocycles. The van der Waals surface area contributed by atoms with Crippen LogP contribution >= 0.6 is 0 Å². The van der Waals surface area contributed by atoms with E-state index in [-0.39, 0.29) is 5.41 Å². The van der Waals surface area contributed by atoms with Gasteiger partial charge in [-0.1, -0.05) is 140 Å². The van der Waals surface area contributed by atoms with Crippen molar-refractivity contribution >= 4 is 66.7 Å². The Hall–Kier alpha value is -7.36. The Kier molecular flexibility index (Phi) is 6.76. The fourth-order valence-electron chi connectivity index (χ4n) is 10.1. The van der Waals surface area contributed by atoms with E-state index in [0.717, 1.165) is 34.0 Å². The molecule has 0 saturated carbocycles. The third-order valence-corrected chi connectivity index (χ3v) is 12.5. The lowest BCUT2D eigenvalue weighted by atomic mass is 9.70. The largest absolute Gasteiger partial charge is 0.310 e. The molecule has 1 unspecified atom stereocenters. The number of aromatic nitrogens is 1. The second-order valence-electron chi connectivity index (χ2n) is 15.5. The number of rotatable bonds is 5. The molecule has 1 atom stereocenters. The zero-order valence-electron chi connectivity index (χ0n) is 31.5. The first-order chi connectivity index (χ1) is 28.2. The molecule has 3 heteroatoms. The Labute approximate surface area is 331 Å². The molecule has 0 saturated heterocycles. The first-order valence-electron chi connectivity index (χ1n) is 19.8. The molecule has 1 aliphatic heterocycles. The monoisotopic (exact) mass is 727 g/mol. The van der Waals surface area contributed by atoms with Crippen LogP contribution < -0.4 is 9.80 Å². The number of fused-ring (bicyclic) bond motifs is 9. The molecular weight excluding hydrogens is 691 g/mol. The highest BCUT2D eigenvalue weighted by Gasteiger charge is 2.48. The van der Waals surface area contributed by atoms with Crippen LogP contribution in [0.5, 0.6) is 0 Å². The van der Waals surface area contributed by atoms with Gasteiger partial charge in [-0.25, -0.2) is 0 Å². The molecule has 10 aromatic rings. The lowest BCUT2D eigenvalue weighted by molar-refractivity contribution is 0.702. The second-order valence-corrected chi connectivity index (χ2v) is 15.5. The van der Waals surface area contributed by atoms with E-state index in [1.54, 1.807) is 0 Å². The van der Waals surface area contributed by atoms with Crippen LogP contribution in [0.3, 0.4) is 0 Å². The third kappa shape index (κ3) is 4.48. The Morgan fingerprint density at radius 3 is 1.88 bits per heavy atom. The van der Waals surface area contributed by atoms with Crippen molar-refractivity contribution in [1.82, 2.24) is 4.57 Å². The van der Waals surface area contributed by atoms with Crippen LogP contribution in [0.15, 0.2) is 206 Å². The summed E-state index contributed by atoms with van der Waals surface area (Å²) in [6, 6.07) is 75.8. The molecule has 12 rings (SSSR count). The van der Waals surface area contributed by atoms with Crippen LogP contribution in [-0.2, 0) is 5.41 Å². The minimum atomic E-state index is -0.289. The summed E-state index contributed by atoms with van der Waals surface area (Å²) < 4.78 is 2.48. The van der Waals surface area contributed by atoms with Gasteiger partial charge >= 0.3 is 0 Å². The maximum atomic E-state index is 2.53. The van der Waals surface area contributed by atoms with Gasteiger partial charge in [-0.3, -0.25) is 0 Å². The maximum absolute atomic E-state index is 2.53. The quantitative estimate of drug-likeness (QED) is 0.175. The molecule has 0 radical (unpaired) electrons. The number of hydrogen-bond donors (Lipinski definition) is 0. The average molecular weight is 728 g/mol. The normalized spacial score (nSPS) is 15.1. The van der Waals surface area contributed by atoms with Gasteiger partial charge in [-0.15, -0.1) is 0 Å². The smallest absolute Gasteiger partial charge is 0.0583 e. The predicted molar refractivity (Wildman–Crippen MR) is 239 cm³/mol. The maximum Gasteiger partial charge on any atom is 0.0583 e. The fraction of sp³-hybridized carbons (Fsp3) is 0.0370. The van der Waals surface area contributed by atoms with Gasteiger partial charge in [0, 0.05) is 33.2 Å². The van der Waals surface area contributed by atoms with Crippen molar-refractivity contribution in [2.45, 2.75) is 12.3 Å². The predicted octanol–water partition coefficient (Wildman–Crippen LogP) is 14.5. The van der Waals surface area contributed by atoms with Crippen LogP contribution in [0.25, 0.3) is 49.4 Å². The van der Waals surface area contributed by atoms with E-state index in [4.69, 9.17) is 0 Å². The number of para-hydroxylation sites is 4. The van der Waals surface area contributed by atoms with Gasteiger partial charge in [-0.2, -0.15) is 0 Å². The van der Waals surface area contributed by atoms with Gasteiger partial charge in [-0.05, 0) is 112 Å². The molecule has 9 aromatic carbocycles. The minimum absolute atomic E-state index is 0.289. The van der Waals surface area contributed by atoms with Gasteiger partial charge in [0.25, 0.3) is 0 Å². The molecule has 0 bridgehead atoms. The standard InChI is InChI=1S/C54H37N3/c1-54-45-26-12-10-23-42(45)43-25-16-30-49(53(43)54)57(48-29-15-13-27-46(48)54)41-34-50(55(38-19-4-2-5-20-38)39-21-6-3-7-22-39)52-44-24-11-14-28-47(44)56(51(52)35-41)40-32-31-36-17-8-9-18-37(36)33-40/h2-35H,1H3. The summed E-state index contributed by atoms with van der Waals surface area (Å²) in [6.45, 7) is 2.43. The van der Waals surface area contributed by atoms with Crippen LogP contribution in [0.4, 0.5) is 34.1 Å². The summed E-state index contributed by atoms with van der Waals surface area (Å²) in [4.78, 5) is 4.97. The van der Waals surface area contributed by atoms with Crippen LogP contribution in [0.2, 0.25) is 0 Å². The Morgan fingerprint density at radius 1 is 0.439 bits per heavy atom. The second kappa shape index (κ2) is 12.1. The summed E-state index contributed by atoms with van der Waals surface area (Å²) in [5.41, 5.74) is 16.7. The molecule has 2 heterocycles. The molecule has 268 valence electrons. The van der Waals surface area contributed by atoms with E-state index in [1.807, 2.05) is 0 Å². The Balaban J connectivity index is 1.23.